The van der Waals surface area contributed by atoms with Crippen LogP contribution in [-0.4, -0.2) is 7.11 Å². The Kier molecular flexibility index (Phi) is 10.2. The molecule has 1 aromatic carbocycles. The van der Waals surface area contributed by atoms with E-state index in [0.717, 1.165) is 31.4 Å². The average molecular weight is 293 g/mol. The van der Waals surface area contributed by atoms with Crippen LogP contribution in [0.4, 0.5) is 0 Å². The summed E-state index contributed by atoms with van der Waals surface area (Å²) in [5, 5.41) is 0. The number of benzene rings is 1. The van der Waals surface area contributed by atoms with Crippen molar-refractivity contribution >= 4 is 0 Å². The zero-order valence-electron chi connectivity index (χ0n) is 15.4. The molecule has 0 spiro atoms. The van der Waals surface area contributed by atoms with Crippen LogP contribution in [0.15, 0.2) is 18.2 Å². The molecular formula is C20H36O. The van der Waals surface area contributed by atoms with Gasteiger partial charge >= 0.3 is 0 Å². The van der Waals surface area contributed by atoms with Crippen LogP contribution in [-0.2, 0) is 11.8 Å². The van der Waals surface area contributed by atoms with Crippen LogP contribution in [0, 0.1) is 0 Å². The third-order valence-electron chi connectivity index (χ3n) is 4.53. The van der Waals surface area contributed by atoms with E-state index in [1.165, 1.54) is 24.0 Å². The molecule has 0 aliphatic carbocycles. The lowest BCUT2D eigenvalue weighted by Gasteiger charge is -2.30. The van der Waals surface area contributed by atoms with Gasteiger partial charge in [0.1, 0.15) is 5.75 Å². The van der Waals surface area contributed by atoms with E-state index >= 15 is 0 Å². The summed E-state index contributed by atoms with van der Waals surface area (Å²) in [7, 11) is 1.80. The van der Waals surface area contributed by atoms with Crippen LogP contribution < -0.4 is 4.74 Å². The highest BCUT2D eigenvalue weighted by molar-refractivity contribution is 5.45. The maximum absolute atomic E-state index is 5.68. The zero-order valence-corrected chi connectivity index (χ0v) is 15.4. The van der Waals surface area contributed by atoms with E-state index in [-0.39, 0.29) is 5.41 Å². The third kappa shape index (κ3) is 5.73. The zero-order chi connectivity index (χ0) is 16.3. The fourth-order valence-electron chi connectivity index (χ4n) is 2.40. The first kappa shape index (κ1) is 20.0. The van der Waals surface area contributed by atoms with Crippen molar-refractivity contribution in [3.05, 3.63) is 29.3 Å². The first-order valence-electron chi connectivity index (χ1n) is 8.70. The van der Waals surface area contributed by atoms with E-state index in [1.54, 1.807) is 7.11 Å². The van der Waals surface area contributed by atoms with E-state index in [1.807, 2.05) is 0 Å². The Bertz CT molecular complexity index is 375. The molecule has 0 bridgehead atoms. The molecule has 0 N–H and O–H groups in total. The first-order valence-corrected chi connectivity index (χ1v) is 8.70. The van der Waals surface area contributed by atoms with Gasteiger partial charge in [-0.1, -0.05) is 79.0 Å². The van der Waals surface area contributed by atoms with Crippen molar-refractivity contribution in [2.75, 3.05) is 7.11 Å². The van der Waals surface area contributed by atoms with Crippen molar-refractivity contribution in [2.45, 2.75) is 85.5 Å². The summed E-state index contributed by atoms with van der Waals surface area (Å²) in [6.07, 6.45) is 7.19. The Hall–Kier alpha value is -0.980. The second-order valence-corrected chi connectivity index (χ2v) is 6.02. The molecule has 0 aliphatic heterocycles. The van der Waals surface area contributed by atoms with E-state index in [2.05, 4.69) is 59.7 Å². The van der Waals surface area contributed by atoms with Gasteiger partial charge in [-0.2, -0.15) is 0 Å². The standard InChI is InChI=1S/C16H26O.C4H10/c1-6-10-13-11-9-12-14(15(13)17-5)16(4,7-2)8-3;1-3-4-2/h9,11-12H,6-8,10H2,1-5H3;3-4H2,1-2H3. The van der Waals surface area contributed by atoms with Crippen molar-refractivity contribution in [3.8, 4) is 5.75 Å². The summed E-state index contributed by atoms with van der Waals surface area (Å²) in [5.41, 5.74) is 2.95. The van der Waals surface area contributed by atoms with Gasteiger partial charge in [0.05, 0.1) is 7.11 Å². The molecule has 0 aromatic heterocycles. The number of para-hydroxylation sites is 1. The Morgan fingerprint density at radius 2 is 1.48 bits per heavy atom. The highest BCUT2D eigenvalue weighted by Gasteiger charge is 2.26. The molecule has 1 aromatic rings. The summed E-state index contributed by atoms with van der Waals surface area (Å²) in [5.74, 6) is 1.11. The lowest BCUT2D eigenvalue weighted by atomic mass is 9.76. The number of hydrogen-bond acceptors (Lipinski definition) is 1. The molecule has 122 valence electrons. The normalized spacial score (nSPS) is 10.8. The van der Waals surface area contributed by atoms with Gasteiger partial charge in [-0.05, 0) is 30.2 Å². The molecule has 0 saturated heterocycles. The van der Waals surface area contributed by atoms with Crippen LogP contribution in [0.25, 0.3) is 0 Å². The van der Waals surface area contributed by atoms with E-state index in [4.69, 9.17) is 4.74 Å². The fourth-order valence-corrected chi connectivity index (χ4v) is 2.40. The van der Waals surface area contributed by atoms with Crippen LogP contribution in [0.3, 0.4) is 0 Å². The minimum absolute atomic E-state index is 0.231. The molecule has 0 amide bonds. The van der Waals surface area contributed by atoms with Crippen LogP contribution >= 0.6 is 0 Å². The highest BCUT2D eigenvalue weighted by atomic mass is 16.5. The molecule has 0 atom stereocenters. The molecule has 0 aliphatic rings. The minimum atomic E-state index is 0.231. The van der Waals surface area contributed by atoms with Gasteiger partial charge in [-0.3, -0.25) is 0 Å². The molecule has 0 saturated carbocycles. The first-order chi connectivity index (χ1) is 10.0. The molecule has 21 heavy (non-hydrogen) atoms. The van der Waals surface area contributed by atoms with Crippen molar-refractivity contribution in [2.24, 2.45) is 0 Å². The Morgan fingerprint density at radius 3 is 1.86 bits per heavy atom. The van der Waals surface area contributed by atoms with Gasteiger partial charge in [0, 0.05) is 5.56 Å². The number of unbranched alkanes of at least 4 members (excludes halogenated alkanes) is 1. The maximum Gasteiger partial charge on any atom is 0.125 e. The average Bonchev–Trinajstić information content (AvgIpc) is 2.54. The summed E-state index contributed by atoms with van der Waals surface area (Å²) in [6, 6.07) is 6.59. The second-order valence-electron chi connectivity index (χ2n) is 6.02. The highest BCUT2D eigenvalue weighted by Crippen LogP contribution is 2.39. The summed E-state index contributed by atoms with van der Waals surface area (Å²) < 4.78 is 5.68. The topological polar surface area (TPSA) is 9.23 Å². The lowest BCUT2D eigenvalue weighted by molar-refractivity contribution is 0.369. The number of methoxy groups -OCH3 is 1. The predicted molar refractivity (Wildman–Crippen MR) is 95.5 cm³/mol. The Morgan fingerprint density at radius 1 is 0.905 bits per heavy atom. The molecule has 0 unspecified atom stereocenters. The van der Waals surface area contributed by atoms with Crippen LogP contribution in [0.2, 0.25) is 0 Å². The van der Waals surface area contributed by atoms with Gasteiger partial charge in [-0.25, -0.2) is 0 Å². The van der Waals surface area contributed by atoms with Crippen molar-refractivity contribution in [1.82, 2.24) is 0 Å². The molecule has 1 heteroatoms. The van der Waals surface area contributed by atoms with Crippen LogP contribution in [0.5, 0.6) is 5.75 Å². The molecule has 1 nitrogen and oxygen atoms in total. The van der Waals surface area contributed by atoms with E-state index in [9.17, 15) is 0 Å². The van der Waals surface area contributed by atoms with E-state index < -0.39 is 0 Å². The molecule has 0 fully saturated rings. The second kappa shape index (κ2) is 10.7. The Balaban J connectivity index is 0.000000885. The maximum atomic E-state index is 5.68. The van der Waals surface area contributed by atoms with Gasteiger partial charge in [0.15, 0.2) is 0 Å². The van der Waals surface area contributed by atoms with Crippen molar-refractivity contribution in [1.29, 1.82) is 0 Å². The van der Waals surface area contributed by atoms with Gasteiger partial charge in [-0.15, -0.1) is 0 Å². The summed E-state index contributed by atoms with van der Waals surface area (Å²) in [6.45, 7) is 13.4. The number of rotatable bonds is 7. The molecule has 0 radical (unpaired) electrons. The predicted octanol–water partition coefficient (Wildman–Crippen LogP) is 6.53. The SMILES string of the molecule is CCCC.CCCc1cccc(C(C)(CC)CC)c1OC. The number of hydrogen-bond donors (Lipinski definition) is 0. The lowest BCUT2D eigenvalue weighted by Crippen LogP contribution is -2.21. The van der Waals surface area contributed by atoms with Gasteiger partial charge in [0.2, 0.25) is 0 Å². The molecular weight excluding hydrogens is 256 g/mol. The summed E-state index contributed by atoms with van der Waals surface area (Å²) >= 11 is 0. The molecule has 1 rings (SSSR count). The van der Waals surface area contributed by atoms with Gasteiger partial charge in [0.25, 0.3) is 0 Å². The fraction of sp³-hybridized carbons (Fsp3) is 0.700. The van der Waals surface area contributed by atoms with E-state index in [0.29, 0.717) is 0 Å². The minimum Gasteiger partial charge on any atom is -0.496 e. The quantitative estimate of drug-likeness (QED) is 0.555. The molecule has 0 heterocycles. The third-order valence-corrected chi connectivity index (χ3v) is 4.53. The monoisotopic (exact) mass is 292 g/mol. The summed E-state index contributed by atoms with van der Waals surface area (Å²) in [4.78, 5) is 0. The van der Waals surface area contributed by atoms with Crippen LogP contribution in [0.1, 0.15) is 84.8 Å². The van der Waals surface area contributed by atoms with Gasteiger partial charge < -0.3 is 4.74 Å². The largest absolute Gasteiger partial charge is 0.496 e. The smallest absolute Gasteiger partial charge is 0.125 e. The number of aryl methyl sites for hydroxylation is 1. The van der Waals surface area contributed by atoms with Crippen molar-refractivity contribution < 1.29 is 4.74 Å². The Labute approximate surface area is 133 Å². The van der Waals surface area contributed by atoms with Crippen molar-refractivity contribution in [3.63, 3.8) is 0 Å². The number of ether oxygens (including phenoxy) is 1.